The fourth-order valence-electron chi connectivity index (χ4n) is 2.61. The van der Waals surface area contributed by atoms with E-state index in [1.165, 1.54) is 0 Å². The summed E-state index contributed by atoms with van der Waals surface area (Å²) in [6.45, 7) is 3.88. The zero-order valence-electron chi connectivity index (χ0n) is 13.3. The Morgan fingerprint density at radius 3 is 2.73 bits per heavy atom. The summed E-state index contributed by atoms with van der Waals surface area (Å²) in [5, 5.41) is 2.87. The molecule has 1 saturated heterocycles. The van der Waals surface area contributed by atoms with E-state index >= 15 is 0 Å². The molecule has 1 heterocycles. The molecule has 5 nitrogen and oxygen atoms in total. The number of nitrogens with zero attached hydrogens (tertiary/aromatic N) is 1. The van der Waals surface area contributed by atoms with Crippen LogP contribution >= 0.6 is 0 Å². The largest absolute Gasteiger partial charge is 0.497 e. The van der Waals surface area contributed by atoms with Crippen molar-refractivity contribution in [2.75, 3.05) is 26.7 Å². The van der Waals surface area contributed by atoms with E-state index in [-0.39, 0.29) is 17.7 Å². The number of hydrogen-bond acceptors (Lipinski definition) is 3. The van der Waals surface area contributed by atoms with Crippen molar-refractivity contribution in [1.82, 2.24) is 10.2 Å². The molecule has 1 aromatic carbocycles. The standard InChI is InChI=1S/C17H24N2O3/c1-3-9-18-17(21)14-11-16(20)19(12-14)10-8-13-4-6-15(22-2)7-5-13/h4-7,14H,3,8-12H2,1-2H3,(H,18,21). The Morgan fingerprint density at radius 2 is 2.09 bits per heavy atom. The Kier molecular flexibility index (Phi) is 5.81. The van der Waals surface area contributed by atoms with E-state index in [9.17, 15) is 9.59 Å². The molecule has 1 aliphatic rings. The zero-order valence-corrected chi connectivity index (χ0v) is 13.3. The van der Waals surface area contributed by atoms with Gasteiger partial charge in [-0.3, -0.25) is 9.59 Å². The lowest BCUT2D eigenvalue weighted by atomic mass is 10.1. The Morgan fingerprint density at radius 1 is 1.36 bits per heavy atom. The third kappa shape index (κ3) is 4.23. The quantitative estimate of drug-likeness (QED) is 0.832. The van der Waals surface area contributed by atoms with Crippen LogP contribution in [0.5, 0.6) is 5.75 Å². The number of methoxy groups -OCH3 is 1. The lowest BCUT2D eigenvalue weighted by Crippen LogP contribution is -2.33. The predicted octanol–water partition coefficient (Wildman–Crippen LogP) is 1.61. The average Bonchev–Trinajstić information content (AvgIpc) is 2.92. The fourth-order valence-corrected chi connectivity index (χ4v) is 2.61. The van der Waals surface area contributed by atoms with Gasteiger partial charge in [0.15, 0.2) is 0 Å². The van der Waals surface area contributed by atoms with Crippen LogP contribution in [0.4, 0.5) is 0 Å². The molecule has 0 saturated carbocycles. The van der Waals surface area contributed by atoms with Crippen LogP contribution in [0.2, 0.25) is 0 Å². The van der Waals surface area contributed by atoms with Gasteiger partial charge in [-0.1, -0.05) is 19.1 Å². The van der Waals surface area contributed by atoms with E-state index in [2.05, 4.69) is 5.32 Å². The van der Waals surface area contributed by atoms with E-state index in [1.54, 1.807) is 12.0 Å². The van der Waals surface area contributed by atoms with Crippen LogP contribution in [0.1, 0.15) is 25.3 Å². The van der Waals surface area contributed by atoms with Crippen LogP contribution in [0.25, 0.3) is 0 Å². The second-order valence-electron chi connectivity index (χ2n) is 5.63. The van der Waals surface area contributed by atoms with Crippen molar-refractivity contribution in [2.24, 2.45) is 5.92 Å². The minimum absolute atomic E-state index is 0.00199. The lowest BCUT2D eigenvalue weighted by molar-refractivity contribution is -0.129. The fraction of sp³-hybridized carbons (Fsp3) is 0.529. The van der Waals surface area contributed by atoms with Crippen LogP contribution in [-0.2, 0) is 16.0 Å². The summed E-state index contributed by atoms with van der Waals surface area (Å²) < 4.78 is 5.13. The van der Waals surface area contributed by atoms with Crippen molar-refractivity contribution in [3.8, 4) is 5.75 Å². The highest BCUT2D eigenvalue weighted by Crippen LogP contribution is 2.19. The summed E-state index contributed by atoms with van der Waals surface area (Å²) in [6.07, 6.45) is 2.03. The van der Waals surface area contributed by atoms with Gasteiger partial charge in [0.2, 0.25) is 11.8 Å². The Hall–Kier alpha value is -2.04. The molecule has 1 aromatic rings. The second-order valence-corrected chi connectivity index (χ2v) is 5.63. The summed E-state index contributed by atoms with van der Waals surface area (Å²) >= 11 is 0. The molecule has 5 heteroatoms. The Labute approximate surface area is 131 Å². The van der Waals surface area contributed by atoms with Gasteiger partial charge in [-0.25, -0.2) is 0 Å². The maximum Gasteiger partial charge on any atom is 0.225 e. The minimum atomic E-state index is -0.199. The smallest absolute Gasteiger partial charge is 0.225 e. The minimum Gasteiger partial charge on any atom is -0.497 e. The molecular formula is C17H24N2O3. The number of benzene rings is 1. The van der Waals surface area contributed by atoms with Crippen LogP contribution in [-0.4, -0.2) is 43.5 Å². The number of rotatable bonds is 7. The molecule has 0 radical (unpaired) electrons. The van der Waals surface area contributed by atoms with Gasteiger partial charge >= 0.3 is 0 Å². The third-order valence-electron chi connectivity index (χ3n) is 3.96. The van der Waals surface area contributed by atoms with Gasteiger partial charge in [0.05, 0.1) is 13.0 Å². The van der Waals surface area contributed by atoms with Gasteiger partial charge in [0.1, 0.15) is 5.75 Å². The van der Waals surface area contributed by atoms with Gasteiger partial charge in [0, 0.05) is 26.1 Å². The van der Waals surface area contributed by atoms with E-state index in [0.717, 1.165) is 24.2 Å². The molecule has 2 rings (SSSR count). The van der Waals surface area contributed by atoms with Gasteiger partial charge in [-0.15, -0.1) is 0 Å². The second kappa shape index (κ2) is 7.82. The molecule has 1 N–H and O–H groups in total. The number of likely N-dealkylation sites (tertiary alicyclic amines) is 1. The lowest BCUT2D eigenvalue weighted by Gasteiger charge is -2.16. The SMILES string of the molecule is CCCNC(=O)C1CC(=O)N(CCc2ccc(OC)cc2)C1. The van der Waals surface area contributed by atoms with Crippen LogP contribution < -0.4 is 10.1 Å². The van der Waals surface area contributed by atoms with Crippen molar-refractivity contribution < 1.29 is 14.3 Å². The van der Waals surface area contributed by atoms with E-state index in [1.807, 2.05) is 31.2 Å². The first-order valence-corrected chi connectivity index (χ1v) is 7.82. The number of carbonyl (C=O) groups is 2. The summed E-state index contributed by atoms with van der Waals surface area (Å²) in [6, 6.07) is 7.85. The van der Waals surface area contributed by atoms with Crippen molar-refractivity contribution in [3.05, 3.63) is 29.8 Å². The molecule has 22 heavy (non-hydrogen) atoms. The molecule has 0 aromatic heterocycles. The normalized spacial score (nSPS) is 17.6. The first kappa shape index (κ1) is 16.3. The molecular weight excluding hydrogens is 280 g/mol. The van der Waals surface area contributed by atoms with Crippen LogP contribution in [0, 0.1) is 5.92 Å². The van der Waals surface area contributed by atoms with Gasteiger partial charge < -0.3 is 15.0 Å². The highest BCUT2D eigenvalue weighted by atomic mass is 16.5. The van der Waals surface area contributed by atoms with Crippen LogP contribution in [0.3, 0.4) is 0 Å². The third-order valence-corrected chi connectivity index (χ3v) is 3.96. The van der Waals surface area contributed by atoms with Crippen molar-refractivity contribution in [1.29, 1.82) is 0 Å². The van der Waals surface area contributed by atoms with Gasteiger partial charge in [-0.05, 0) is 30.5 Å². The highest BCUT2D eigenvalue weighted by molar-refractivity contribution is 5.89. The summed E-state index contributed by atoms with van der Waals surface area (Å²) in [7, 11) is 1.64. The topological polar surface area (TPSA) is 58.6 Å². The number of ether oxygens (including phenoxy) is 1. The van der Waals surface area contributed by atoms with Gasteiger partial charge in [0.25, 0.3) is 0 Å². The van der Waals surface area contributed by atoms with Crippen molar-refractivity contribution in [3.63, 3.8) is 0 Å². The molecule has 1 fully saturated rings. The maximum absolute atomic E-state index is 12.0. The molecule has 0 aliphatic carbocycles. The first-order valence-electron chi connectivity index (χ1n) is 7.82. The van der Waals surface area contributed by atoms with Gasteiger partial charge in [-0.2, -0.15) is 0 Å². The summed E-state index contributed by atoms with van der Waals surface area (Å²) in [5.41, 5.74) is 1.16. The van der Waals surface area contributed by atoms with E-state index in [4.69, 9.17) is 4.74 Å². The van der Waals surface area contributed by atoms with Crippen molar-refractivity contribution >= 4 is 11.8 Å². The highest BCUT2D eigenvalue weighted by Gasteiger charge is 2.33. The maximum atomic E-state index is 12.0. The zero-order chi connectivity index (χ0) is 15.9. The molecule has 0 bridgehead atoms. The van der Waals surface area contributed by atoms with E-state index < -0.39 is 0 Å². The number of hydrogen-bond donors (Lipinski definition) is 1. The summed E-state index contributed by atoms with van der Waals surface area (Å²) in [5.74, 6) is 0.705. The first-order chi connectivity index (χ1) is 10.6. The predicted molar refractivity (Wildman–Crippen MR) is 84.7 cm³/mol. The average molecular weight is 304 g/mol. The summed E-state index contributed by atoms with van der Waals surface area (Å²) in [4.78, 5) is 25.7. The van der Waals surface area contributed by atoms with Crippen molar-refractivity contribution in [2.45, 2.75) is 26.2 Å². The molecule has 0 spiro atoms. The molecule has 1 aliphatic heterocycles. The molecule has 2 amide bonds. The molecule has 1 atom stereocenters. The van der Waals surface area contributed by atoms with Crippen LogP contribution in [0.15, 0.2) is 24.3 Å². The number of amides is 2. The Balaban J connectivity index is 1.82. The van der Waals surface area contributed by atoms with E-state index in [0.29, 0.717) is 26.1 Å². The molecule has 1 unspecified atom stereocenters. The molecule has 120 valence electrons. The monoisotopic (exact) mass is 304 g/mol. The number of nitrogens with one attached hydrogen (secondary N) is 1. The Bertz CT molecular complexity index is 513. The number of carbonyl (C=O) groups excluding carboxylic acids is 2.